The second-order valence-electron chi connectivity index (χ2n) is 6.90. The van der Waals surface area contributed by atoms with Crippen LogP contribution >= 0.6 is 0 Å². The molecule has 2 fully saturated rings. The highest BCUT2D eigenvalue weighted by atomic mass is 16.2. The molecule has 2 aliphatic rings. The third kappa shape index (κ3) is 4.43. The molecular weight excluding hydrogens is 262 g/mol. The summed E-state index contributed by atoms with van der Waals surface area (Å²) < 4.78 is 0. The van der Waals surface area contributed by atoms with Crippen molar-refractivity contribution in [1.29, 1.82) is 0 Å². The Morgan fingerprint density at radius 2 is 1.71 bits per heavy atom. The Morgan fingerprint density at radius 3 is 2.38 bits per heavy atom. The van der Waals surface area contributed by atoms with Gasteiger partial charge in [-0.1, -0.05) is 25.7 Å². The number of likely N-dealkylation sites (tertiary alicyclic amines) is 1. The van der Waals surface area contributed by atoms with Gasteiger partial charge in [-0.25, -0.2) is 0 Å². The van der Waals surface area contributed by atoms with E-state index >= 15 is 0 Å². The lowest BCUT2D eigenvalue weighted by molar-refractivity contribution is -0.128. The largest absolute Gasteiger partial charge is 0.352 e. The Kier molecular flexibility index (Phi) is 6.49. The molecule has 1 amide bonds. The molecule has 0 aromatic carbocycles. The molecule has 0 aromatic rings. The predicted molar refractivity (Wildman–Crippen MR) is 87.3 cm³/mol. The van der Waals surface area contributed by atoms with Gasteiger partial charge in [-0.15, -0.1) is 0 Å². The number of amides is 1. The van der Waals surface area contributed by atoms with Crippen molar-refractivity contribution in [3.8, 4) is 0 Å². The van der Waals surface area contributed by atoms with Crippen LogP contribution in [0.2, 0.25) is 0 Å². The van der Waals surface area contributed by atoms with Crippen molar-refractivity contribution >= 4 is 5.91 Å². The van der Waals surface area contributed by atoms with Crippen LogP contribution in [0.5, 0.6) is 0 Å². The summed E-state index contributed by atoms with van der Waals surface area (Å²) in [6, 6.07) is 1.33. The number of likely N-dealkylation sites (N-methyl/N-ethyl adjacent to an activating group) is 1. The average molecular weight is 295 g/mol. The van der Waals surface area contributed by atoms with E-state index in [1.165, 1.54) is 38.5 Å². The number of nitrogens with one attached hydrogen (secondary N) is 2. The van der Waals surface area contributed by atoms with Crippen LogP contribution in [-0.2, 0) is 4.79 Å². The predicted octanol–water partition coefficient (Wildman–Crippen LogP) is 2.29. The molecule has 1 aliphatic carbocycles. The maximum absolute atomic E-state index is 12.6. The van der Waals surface area contributed by atoms with Crippen molar-refractivity contribution in [3.05, 3.63) is 0 Å². The number of hydrogen-bond donors (Lipinski definition) is 2. The molecule has 3 atom stereocenters. The molecule has 3 unspecified atom stereocenters. The van der Waals surface area contributed by atoms with Crippen molar-refractivity contribution in [1.82, 2.24) is 15.5 Å². The van der Waals surface area contributed by atoms with Gasteiger partial charge in [-0.3, -0.25) is 9.69 Å². The van der Waals surface area contributed by atoms with Crippen LogP contribution in [0.4, 0.5) is 0 Å². The number of rotatable bonds is 5. The highest BCUT2D eigenvalue weighted by Crippen LogP contribution is 2.23. The van der Waals surface area contributed by atoms with Crippen LogP contribution in [0.25, 0.3) is 0 Å². The molecular formula is C17H33N3O. The quantitative estimate of drug-likeness (QED) is 0.818. The fourth-order valence-electron chi connectivity index (χ4n) is 3.91. The Labute approximate surface area is 130 Å². The zero-order valence-corrected chi connectivity index (χ0v) is 14.0. The smallest absolute Gasteiger partial charge is 0.237 e. The molecule has 1 aliphatic heterocycles. The highest BCUT2D eigenvalue weighted by molar-refractivity contribution is 5.81. The van der Waals surface area contributed by atoms with Crippen molar-refractivity contribution < 1.29 is 4.79 Å². The van der Waals surface area contributed by atoms with Crippen molar-refractivity contribution in [3.63, 3.8) is 0 Å². The molecule has 1 heterocycles. The Balaban J connectivity index is 1.92. The van der Waals surface area contributed by atoms with Gasteiger partial charge in [0.15, 0.2) is 0 Å². The van der Waals surface area contributed by atoms with E-state index in [1.807, 2.05) is 7.05 Å². The summed E-state index contributed by atoms with van der Waals surface area (Å²) in [4.78, 5) is 15.0. The Hall–Kier alpha value is -0.610. The summed E-state index contributed by atoms with van der Waals surface area (Å²) >= 11 is 0. The molecule has 4 nitrogen and oxygen atoms in total. The molecule has 0 bridgehead atoms. The summed E-state index contributed by atoms with van der Waals surface area (Å²) in [6.45, 7) is 5.36. The van der Waals surface area contributed by atoms with Gasteiger partial charge in [0.25, 0.3) is 0 Å². The van der Waals surface area contributed by atoms with E-state index in [9.17, 15) is 4.79 Å². The van der Waals surface area contributed by atoms with Gasteiger partial charge in [-0.05, 0) is 53.1 Å². The first kappa shape index (κ1) is 16.8. The molecule has 21 heavy (non-hydrogen) atoms. The number of piperidine rings is 1. The summed E-state index contributed by atoms with van der Waals surface area (Å²) in [5.41, 5.74) is 0. The molecule has 4 heteroatoms. The molecule has 122 valence electrons. The first-order valence-electron chi connectivity index (χ1n) is 8.87. The SMILES string of the molecule is CNC(C)C1CCCCN1C(C)C(=O)NC1CCCCC1. The Morgan fingerprint density at radius 1 is 1.05 bits per heavy atom. The van der Waals surface area contributed by atoms with Crippen molar-refractivity contribution in [2.24, 2.45) is 0 Å². The molecule has 0 radical (unpaired) electrons. The average Bonchev–Trinajstić information content (AvgIpc) is 2.54. The normalized spacial score (nSPS) is 28.0. The summed E-state index contributed by atoms with van der Waals surface area (Å²) in [5.74, 6) is 0.233. The van der Waals surface area contributed by atoms with E-state index < -0.39 is 0 Å². The topological polar surface area (TPSA) is 44.4 Å². The molecule has 1 saturated carbocycles. The van der Waals surface area contributed by atoms with E-state index in [4.69, 9.17) is 0 Å². The lowest BCUT2D eigenvalue weighted by Crippen LogP contribution is -2.58. The first-order valence-corrected chi connectivity index (χ1v) is 8.87. The molecule has 0 aromatic heterocycles. The van der Waals surface area contributed by atoms with Crippen LogP contribution in [0.1, 0.15) is 65.2 Å². The van der Waals surface area contributed by atoms with Gasteiger partial charge in [0, 0.05) is 18.1 Å². The number of carbonyl (C=O) groups is 1. The maximum atomic E-state index is 12.6. The number of carbonyl (C=O) groups excluding carboxylic acids is 1. The second-order valence-corrected chi connectivity index (χ2v) is 6.90. The standard InChI is InChI=1S/C17H33N3O/c1-13(18-3)16-11-7-8-12-20(16)14(2)17(21)19-15-9-5-4-6-10-15/h13-16,18H,4-12H2,1-3H3,(H,19,21). The lowest BCUT2D eigenvalue weighted by Gasteiger charge is -2.42. The first-order chi connectivity index (χ1) is 10.1. The zero-order chi connectivity index (χ0) is 15.2. The molecule has 1 saturated heterocycles. The maximum Gasteiger partial charge on any atom is 0.237 e. The summed E-state index contributed by atoms with van der Waals surface area (Å²) in [6.07, 6.45) is 9.88. The van der Waals surface area contributed by atoms with Gasteiger partial charge in [0.2, 0.25) is 5.91 Å². The van der Waals surface area contributed by atoms with Crippen LogP contribution in [0.15, 0.2) is 0 Å². The van der Waals surface area contributed by atoms with E-state index in [2.05, 4.69) is 29.4 Å². The minimum atomic E-state index is -0.00646. The van der Waals surface area contributed by atoms with Gasteiger partial charge < -0.3 is 10.6 Å². The van der Waals surface area contributed by atoms with Crippen LogP contribution in [0, 0.1) is 0 Å². The molecule has 2 rings (SSSR count). The number of nitrogens with zero attached hydrogens (tertiary/aromatic N) is 1. The minimum Gasteiger partial charge on any atom is -0.352 e. The summed E-state index contributed by atoms with van der Waals surface area (Å²) in [7, 11) is 2.02. The molecule has 2 N–H and O–H groups in total. The van der Waals surface area contributed by atoms with E-state index in [-0.39, 0.29) is 11.9 Å². The van der Waals surface area contributed by atoms with Crippen LogP contribution in [-0.4, -0.2) is 48.6 Å². The third-order valence-corrected chi connectivity index (χ3v) is 5.45. The van der Waals surface area contributed by atoms with Crippen molar-refractivity contribution in [2.45, 2.75) is 89.4 Å². The highest BCUT2D eigenvalue weighted by Gasteiger charge is 2.33. The fourth-order valence-corrected chi connectivity index (χ4v) is 3.91. The van der Waals surface area contributed by atoms with Crippen LogP contribution < -0.4 is 10.6 Å². The zero-order valence-electron chi connectivity index (χ0n) is 14.0. The number of hydrogen-bond acceptors (Lipinski definition) is 3. The monoisotopic (exact) mass is 295 g/mol. The second kappa shape index (κ2) is 8.14. The third-order valence-electron chi connectivity index (χ3n) is 5.45. The van der Waals surface area contributed by atoms with E-state index in [0.29, 0.717) is 18.1 Å². The van der Waals surface area contributed by atoms with Gasteiger partial charge in [0.05, 0.1) is 6.04 Å². The van der Waals surface area contributed by atoms with Gasteiger partial charge >= 0.3 is 0 Å². The molecule has 0 spiro atoms. The lowest BCUT2D eigenvalue weighted by atomic mass is 9.93. The summed E-state index contributed by atoms with van der Waals surface area (Å²) in [5, 5.41) is 6.66. The fraction of sp³-hybridized carbons (Fsp3) is 0.941. The van der Waals surface area contributed by atoms with E-state index in [1.54, 1.807) is 0 Å². The van der Waals surface area contributed by atoms with Crippen LogP contribution in [0.3, 0.4) is 0 Å². The van der Waals surface area contributed by atoms with E-state index in [0.717, 1.165) is 19.4 Å². The van der Waals surface area contributed by atoms with Gasteiger partial charge in [0.1, 0.15) is 0 Å². The van der Waals surface area contributed by atoms with Gasteiger partial charge in [-0.2, -0.15) is 0 Å². The Bertz CT molecular complexity index is 328. The minimum absolute atomic E-state index is 0.00646. The van der Waals surface area contributed by atoms with Crippen molar-refractivity contribution in [2.75, 3.05) is 13.6 Å².